The third kappa shape index (κ3) is 4.53. The van der Waals surface area contributed by atoms with Gasteiger partial charge in [-0.05, 0) is 30.9 Å². The molecule has 0 saturated heterocycles. The van der Waals surface area contributed by atoms with Gasteiger partial charge in [0.15, 0.2) is 0 Å². The Morgan fingerprint density at radius 3 is 2.63 bits per heavy atom. The highest BCUT2D eigenvalue weighted by molar-refractivity contribution is 7.98. The number of amides is 1. The van der Waals surface area contributed by atoms with Gasteiger partial charge in [-0.1, -0.05) is 30.3 Å². The summed E-state index contributed by atoms with van der Waals surface area (Å²) in [6.07, 6.45) is 2.61. The highest BCUT2D eigenvalue weighted by Crippen LogP contribution is 2.20. The van der Waals surface area contributed by atoms with Gasteiger partial charge in [0.25, 0.3) is 0 Å². The van der Waals surface area contributed by atoms with Crippen molar-refractivity contribution in [1.82, 2.24) is 5.32 Å². The number of thioether (sulfide) groups is 1. The Balaban J connectivity index is 2.73. The SMILES string of the molecule is CSCC[C@H](N)C(=O)NC(C)(CO)c1ccccc1. The first-order valence-corrected chi connectivity index (χ1v) is 7.66. The summed E-state index contributed by atoms with van der Waals surface area (Å²) in [5.41, 5.74) is 5.90. The predicted octanol–water partition coefficient (Wildman–Crippen LogP) is 1.09. The van der Waals surface area contributed by atoms with Crippen molar-refractivity contribution in [2.45, 2.75) is 24.9 Å². The molecule has 4 N–H and O–H groups in total. The van der Waals surface area contributed by atoms with Gasteiger partial charge < -0.3 is 16.2 Å². The molecule has 0 spiro atoms. The van der Waals surface area contributed by atoms with Crippen molar-refractivity contribution < 1.29 is 9.90 Å². The molecule has 1 aromatic rings. The van der Waals surface area contributed by atoms with Gasteiger partial charge in [0, 0.05) is 0 Å². The van der Waals surface area contributed by atoms with Crippen molar-refractivity contribution in [3.8, 4) is 0 Å². The second-order valence-electron chi connectivity index (χ2n) is 4.73. The van der Waals surface area contributed by atoms with Crippen LogP contribution in [-0.4, -0.2) is 35.7 Å². The number of hydrogen-bond donors (Lipinski definition) is 3. The van der Waals surface area contributed by atoms with Crippen LogP contribution in [0.1, 0.15) is 18.9 Å². The molecular formula is C14H22N2O2S. The molecule has 0 aliphatic rings. The average molecular weight is 282 g/mol. The van der Waals surface area contributed by atoms with Crippen molar-refractivity contribution in [2.24, 2.45) is 5.73 Å². The molecule has 1 rings (SSSR count). The van der Waals surface area contributed by atoms with E-state index >= 15 is 0 Å². The first-order valence-electron chi connectivity index (χ1n) is 6.26. The molecule has 0 fully saturated rings. The standard InChI is InChI=1S/C14H22N2O2S/c1-14(10-17,11-6-4-3-5-7-11)16-13(18)12(15)8-9-19-2/h3-7,12,17H,8-10,15H2,1-2H3,(H,16,18)/t12-,14?/m0/s1. The van der Waals surface area contributed by atoms with Crippen LogP contribution in [-0.2, 0) is 10.3 Å². The Hall–Kier alpha value is -1.04. The van der Waals surface area contributed by atoms with Gasteiger partial charge in [-0.2, -0.15) is 11.8 Å². The molecule has 5 heteroatoms. The van der Waals surface area contributed by atoms with E-state index in [9.17, 15) is 9.90 Å². The topological polar surface area (TPSA) is 75.4 Å². The van der Waals surface area contributed by atoms with Crippen LogP contribution in [0.3, 0.4) is 0 Å². The van der Waals surface area contributed by atoms with E-state index in [0.29, 0.717) is 6.42 Å². The molecule has 2 atom stereocenters. The highest BCUT2D eigenvalue weighted by Gasteiger charge is 2.29. The summed E-state index contributed by atoms with van der Waals surface area (Å²) in [5.74, 6) is 0.616. The van der Waals surface area contributed by atoms with Gasteiger partial charge in [-0.3, -0.25) is 4.79 Å². The zero-order valence-corrected chi connectivity index (χ0v) is 12.2. The van der Waals surface area contributed by atoms with Crippen LogP contribution >= 0.6 is 11.8 Å². The van der Waals surface area contributed by atoms with Crippen LogP contribution in [0.25, 0.3) is 0 Å². The molecule has 1 aromatic carbocycles. The maximum atomic E-state index is 12.0. The van der Waals surface area contributed by atoms with Crippen LogP contribution in [0.5, 0.6) is 0 Å². The quantitative estimate of drug-likeness (QED) is 0.700. The number of carbonyl (C=O) groups is 1. The van der Waals surface area contributed by atoms with Gasteiger partial charge in [0.05, 0.1) is 18.2 Å². The first kappa shape index (κ1) is 16.0. The molecule has 0 saturated carbocycles. The number of nitrogens with two attached hydrogens (primary N) is 1. The smallest absolute Gasteiger partial charge is 0.237 e. The minimum atomic E-state index is -0.796. The second kappa shape index (κ2) is 7.53. The average Bonchev–Trinajstić information content (AvgIpc) is 2.45. The molecule has 0 heterocycles. The summed E-state index contributed by atoms with van der Waals surface area (Å²) < 4.78 is 0. The van der Waals surface area contributed by atoms with Crippen LogP contribution in [0.15, 0.2) is 30.3 Å². The lowest BCUT2D eigenvalue weighted by molar-refractivity contribution is -0.124. The van der Waals surface area contributed by atoms with E-state index in [2.05, 4.69) is 5.32 Å². The van der Waals surface area contributed by atoms with Crippen LogP contribution in [0.4, 0.5) is 0 Å². The van der Waals surface area contributed by atoms with Crippen molar-refractivity contribution >= 4 is 17.7 Å². The molecule has 0 radical (unpaired) electrons. The lowest BCUT2D eigenvalue weighted by atomic mass is 9.92. The molecular weight excluding hydrogens is 260 g/mol. The lowest BCUT2D eigenvalue weighted by Gasteiger charge is -2.30. The highest BCUT2D eigenvalue weighted by atomic mass is 32.2. The Morgan fingerprint density at radius 1 is 1.47 bits per heavy atom. The Kier molecular flexibility index (Phi) is 6.34. The fraction of sp³-hybridized carbons (Fsp3) is 0.500. The Morgan fingerprint density at radius 2 is 2.11 bits per heavy atom. The first-order chi connectivity index (χ1) is 9.03. The number of benzene rings is 1. The molecule has 19 heavy (non-hydrogen) atoms. The number of aliphatic hydroxyl groups excluding tert-OH is 1. The summed E-state index contributed by atoms with van der Waals surface area (Å²) in [6, 6.07) is 8.87. The number of hydrogen-bond acceptors (Lipinski definition) is 4. The van der Waals surface area contributed by atoms with E-state index in [-0.39, 0.29) is 12.5 Å². The van der Waals surface area contributed by atoms with Gasteiger partial charge in [-0.15, -0.1) is 0 Å². The zero-order chi connectivity index (χ0) is 14.3. The molecule has 1 amide bonds. The molecule has 106 valence electrons. The number of aliphatic hydroxyl groups is 1. The largest absolute Gasteiger partial charge is 0.394 e. The van der Waals surface area contributed by atoms with E-state index in [0.717, 1.165) is 11.3 Å². The van der Waals surface area contributed by atoms with Crippen LogP contribution in [0, 0.1) is 0 Å². The number of rotatable bonds is 7. The molecule has 0 aromatic heterocycles. The van der Waals surface area contributed by atoms with Crippen LogP contribution in [0.2, 0.25) is 0 Å². The molecule has 4 nitrogen and oxygen atoms in total. The zero-order valence-electron chi connectivity index (χ0n) is 11.4. The monoisotopic (exact) mass is 282 g/mol. The third-order valence-electron chi connectivity index (χ3n) is 3.10. The van der Waals surface area contributed by atoms with Gasteiger partial charge in [-0.25, -0.2) is 0 Å². The van der Waals surface area contributed by atoms with Crippen LogP contribution < -0.4 is 11.1 Å². The molecule has 0 aliphatic heterocycles. The van der Waals surface area contributed by atoms with Crippen molar-refractivity contribution in [3.05, 3.63) is 35.9 Å². The second-order valence-corrected chi connectivity index (χ2v) is 5.72. The summed E-state index contributed by atoms with van der Waals surface area (Å²) in [4.78, 5) is 12.0. The number of nitrogens with one attached hydrogen (secondary N) is 1. The minimum absolute atomic E-state index is 0.169. The Bertz CT molecular complexity index is 400. The van der Waals surface area contributed by atoms with Crippen molar-refractivity contribution in [1.29, 1.82) is 0 Å². The van der Waals surface area contributed by atoms with Gasteiger partial charge in [0.1, 0.15) is 0 Å². The molecule has 0 aliphatic carbocycles. The van der Waals surface area contributed by atoms with E-state index in [1.54, 1.807) is 18.7 Å². The summed E-state index contributed by atoms with van der Waals surface area (Å²) in [7, 11) is 0. The van der Waals surface area contributed by atoms with E-state index < -0.39 is 11.6 Å². The minimum Gasteiger partial charge on any atom is -0.394 e. The number of carbonyl (C=O) groups excluding carboxylic acids is 1. The normalized spacial score (nSPS) is 15.6. The van der Waals surface area contributed by atoms with E-state index in [1.165, 1.54) is 0 Å². The fourth-order valence-corrected chi connectivity index (χ4v) is 2.24. The maximum Gasteiger partial charge on any atom is 0.237 e. The van der Waals surface area contributed by atoms with Gasteiger partial charge >= 0.3 is 0 Å². The maximum absolute atomic E-state index is 12.0. The van der Waals surface area contributed by atoms with Gasteiger partial charge in [0.2, 0.25) is 5.91 Å². The summed E-state index contributed by atoms with van der Waals surface area (Å²) in [5, 5.41) is 12.4. The lowest BCUT2D eigenvalue weighted by Crippen LogP contribution is -2.52. The summed E-state index contributed by atoms with van der Waals surface area (Å²) in [6.45, 7) is 1.62. The predicted molar refractivity (Wildman–Crippen MR) is 80.0 cm³/mol. The van der Waals surface area contributed by atoms with Crippen molar-refractivity contribution in [3.63, 3.8) is 0 Å². The molecule has 0 bridgehead atoms. The third-order valence-corrected chi connectivity index (χ3v) is 3.74. The van der Waals surface area contributed by atoms with E-state index in [1.807, 2.05) is 36.6 Å². The molecule has 1 unspecified atom stereocenters. The Labute approximate surface area is 118 Å². The van der Waals surface area contributed by atoms with Crippen molar-refractivity contribution in [2.75, 3.05) is 18.6 Å². The summed E-state index contributed by atoms with van der Waals surface area (Å²) >= 11 is 1.66. The van der Waals surface area contributed by atoms with E-state index in [4.69, 9.17) is 5.73 Å². The fourth-order valence-electron chi connectivity index (χ4n) is 1.75.